The van der Waals surface area contributed by atoms with Crippen molar-refractivity contribution in [1.29, 1.82) is 0 Å². The summed E-state index contributed by atoms with van der Waals surface area (Å²) in [5.41, 5.74) is -0.000366. The number of piperidine rings is 1. The molecule has 1 heterocycles. The average molecular weight is 316 g/mol. The molecule has 0 amide bonds. The lowest BCUT2D eigenvalue weighted by molar-refractivity contribution is -0.384. The number of nitro groups is 1. The quantitative estimate of drug-likeness (QED) is 0.667. The summed E-state index contributed by atoms with van der Waals surface area (Å²) >= 11 is 5.69. The van der Waals surface area contributed by atoms with Gasteiger partial charge in [-0.05, 0) is 51.4 Å². The zero-order valence-electron chi connectivity index (χ0n) is 11.9. The third-order valence-electron chi connectivity index (χ3n) is 3.94. The van der Waals surface area contributed by atoms with Crippen LogP contribution in [0, 0.1) is 21.8 Å². The zero-order chi connectivity index (χ0) is 15.4. The van der Waals surface area contributed by atoms with Crippen molar-refractivity contribution in [2.24, 2.45) is 5.92 Å². The predicted molar refractivity (Wildman–Crippen MR) is 81.4 cm³/mol. The number of likely N-dealkylation sites (tertiary alicyclic amines) is 1. The molecule has 0 saturated carbocycles. The van der Waals surface area contributed by atoms with E-state index in [1.807, 2.05) is 0 Å². The molecule has 5 nitrogen and oxygen atoms in total. The molecule has 1 fully saturated rings. The van der Waals surface area contributed by atoms with Crippen molar-refractivity contribution >= 4 is 23.0 Å². The van der Waals surface area contributed by atoms with Gasteiger partial charge in [-0.15, -0.1) is 0 Å². The van der Waals surface area contributed by atoms with Crippen LogP contribution in [0.25, 0.3) is 0 Å². The van der Waals surface area contributed by atoms with Crippen LogP contribution in [-0.2, 0) is 0 Å². The van der Waals surface area contributed by atoms with Gasteiger partial charge in [-0.2, -0.15) is 0 Å². The first-order valence-corrected chi connectivity index (χ1v) is 7.41. The predicted octanol–water partition coefficient (Wildman–Crippen LogP) is 3.53. The number of nitro benzene ring substituents is 1. The summed E-state index contributed by atoms with van der Waals surface area (Å²) in [4.78, 5) is 12.6. The summed E-state index contributed by atoms with van der Waals surface area (Å²) in [5, 5.41) is 13.8. The lowest BCUT2D eigenvalue weighted by Crippen LogP contribution is -2.30. The van der Waals surface area contributed by atoms with E-state index in [1.54, 1.807) is 0 Å². The molecule has 1 saturated heterocycles. The minimum atomic E-state index is -0.774. The molecule has 7 heteroatoms. The Morgan fingerprint density at radius 2 is 2.14 bits per heavy atom. The van der Waals surface area contributed by atoms with Gasteiger partial charge < -0.3 is 10.2 Å². The van der Waals surface area contributed by atoms with Crippen LogP contribution in [0.15, 0.2) is 12.1 Å². The number of rotatable bonds is 5. The van der Waals surface area contributed by atoms with E-state index in [0.717, 1.165) is 38.4 Å². The molecule has 0 bridgehead atoms. The van der Waals surface area contributed by atoms with Crippen LogP contribution in [0.2, 0.25) is 5.02 Å². The van der Waals surface area contributed by atoms with Gasteiger partial charge >= 0.3 is 0 Å². The first kappa shape index (κ1) is 16.0. The number of nitrogens with zero attached hydrogens (tertiary/aromatic N) is 2. The largest absolute Gasteiger partial charge is 0.379 e. The molecule has 1 aromatic rings. The third-order valence-corrected chi connectivity index (χ3v) is 4.23. The minimum absolute atomic E-state index is 0.109. The topological polar surface area (TPSA) is 58.4 Å². The Morgan fingerprint density at radius 3 is 2.76 bits per heavy atom. The average Bonchev–Trinajstić information content (AvgIpc) is 2.44. The summed E-state index contributed by atoms with van der Waals surface area (Å²) < 4.78 is 13.3. The number of anilines is 1. The molecule has 0 unspecified atom stereocenters. The fourth-order valence-electron chi connectivity index (χ4n) is 2.59. The highest BCUT2D eigenvalue weighted by atomic mass is 35.5. The number of benzene rings is 1. The molecule has 0 radical (unpaired) electrons. The van der Waals surface area contributed by atoms with Gasteiger partial charge in [0.25, 0.3) is 5.69 Å². The van der Waals surface area contributed by atoms with Gasteiger partial charge in [0.1, 0.15) is 11.5 Å². The minimum Gasteiger partial charge on any atom is -0.379 e. The second-order valence-corrected chi connectivity index (χ2v) is 5.91. The third kappa shape index (κ3) is 4.28. The van der Waals surface area contributed by atoms with Crippen LogP contribution >= 0.6 is 11.6 Å². The first-order chi connectivity index (χ1) is 9.97. The normalized spacial score (nSPS) is 16.9. The molecule has 1 aliphatic rings. The summed E-state index contributed by atoms with van der Waals surface area (Å²) in [7, 11) is 2.11. The Balaban J connectivity index is 1.93. The van der Waals surface area contributed by atoms with Crippen LogP contribution < -0.4 is 5.32 Å². The van der Waals surface area contributed by atoms with Gasteiger partial charge in [-0.1, -0.05) is 11.6 Å². The highest BCUT2D eigenvalue weighted by molar-refractivity contribution is 6.31. The van der Waals surface area contributed by atoms with Crippen LogP contribution in [0.4, 0.5) is 15.8 Å². The molecule has 0 atom stereocenters. The van der Waals surface area contributed by atoms with E-state index in [-0.39, 0.29) is 16.4 Å². The van der Waals surface area contributed by atoms with E-state index < -0.39 is 10.7 Å². The first-order valence-electron chi connectivity index (χ1n) is 7.03. The van der Waals surface area contributed by atoms with Crippen LogP contribution in [0.3, 0.4) is 0 Å². The lowest BCUT2D eigenvalue weighted by atomic mass is 9.94. The molecule has 0 aromatic heterocycles. The van der Waals surface area contributed by atoms with Crippen molar-refractivity contribution in [2.45, 2.75) is 19.3 Å². The molecule has 1 aliphatic heterocycles. The van der Waals surface area contributed by atoms with E-state index in [1.165, 1.54) is 6.07 Å². The van der Waals surface area contributed by atoms with Crippen LogP contribution in [0.5, 0.6) is 0 Å². The highest BCUT2D eigenvalue weighted by Crippen LogP contribution is 2.30. The summed E-state index contributed by atoms with van der Waals surface area (Å²) in [6, 6.07) is 2.14. The van der Waals surface area contributed by atoms with E-state index in [2.05, 4.69) is 17.3 Å². The van der Waals surface area contributed by atoms with Crippen molar-refractivity contribution < 1.29 is 9.31 Å². The number of hydrogen-bond acceptors (Lipinski definition) is 4. The van der Waals surface area contributed by atoms with Crippen molar-refractivity contribution in [3.63, 3.8) is 0 Å². The molecular formula is C14H19ClFN3O2. The monoisotopic (exact) mass is 315 g/mol. The summed E-state index contributed by atoms with van der Waals surface area (Å²) in [6.45, 7) is 2.80. The van der Waals surface area contributed by atoms with Crippen molar-refractivity contribution in [3.05, 3.63) is 33.1 Å². The molecule has 0 spiro atoms. The fourth-order valence-corrected chi connectivity index (χ4v) is 2.75. The number of halogens is 2. The fraction of sp³-hybridized carbons (Fsp3) is 0.571. The maximum atomic E-state index is 13.3. The molecular weight excluding hydrogens is 297 g/mol. The van der Waals surface area contributed by atoms with Gasteiger partial charge in [0, 0.05) is 6.54 Å². The standard InChI is InChI=1S/C14H19ClFN3O2/c1-18-6-3-10(4-7-18)2-5-17-13-8-11(15)12(16)9-14(13)19(20)21/h8-10,17H,2-7H2,1H3. The second kappa shape index (κ2) is 7.04. The Hall–Kier alpha value is -1.40. The number of hydrogen-bond donors (Lipinski definition) is 1. The van der Waals surface area contributed by atoms with Crippen LogP contribution in [-0.4, -0.2) is 36.5 Å². The Bertz CT molecular complexity index is 519. The van der Waals surface area contributed by atoms with E-state index in [0.29, 0.717) is 12.5 Å². The molecule has 2 rings (SSSR count). The molecule has 116 valence electrons. The SMILES string of the molecule is CN1CCC(CCNc2cc(Cl)c(F)cc2[N+](=O)[O-])CC1. The van der Waals surface area contributed by atoms with E-state index in [4.69, 9.17) is 11.6 Å². The maximum absolute atomic E-state index is 13.3. The Labute approximate surface area is 128 Å². The maximum Gasteiger partial charge on any atom is 0.295 e. The van der Waals surface area contributed by atoms with Crippen molar-refractivity contribution in [3.8, 4) is 0 Å². The van der Waals surface area contributed by atoms with Gasteiger partial charge in [-0.25, -0.2) is 4.39 Å². The van der Waals surface area contributed by atoms with Crippen LogP contribution in [0.1, 0.15) is 19.3 Å². The zero-order valence-corrected chi connectivity index (χ0v) is 12.7. The lowest BCUT2D eigenvalue weighted by Gasteiger charge is -2.28. The van der Waals surface area contributed by atoms with Crippen molar-refractivity contribution in [1.82, 2.24) is 4.90 Å². The van der Waals surface area contributed by atoms with Gasteiger partial charge in [0.15, 0.2) is 0 Å². The van der Waals surface area contributed by atoms with Gasteiger partial charge in [-0.3, -0.25) is 10.1 Å². The number of nitrogens with one attached hydrogen (secondary N) is 1. The smallest absolute Gasteiger partial charge is 0.295 e. The van der Waals surface area contributed by atoms with Gasteiger partial charge in [0.2, 0.25) is 0 Å². The second-order valence-electron chi connectivity index (χ2n) is 5.50. The Morgan fingerprint density at radius 1 is 1.48 bits per heavy atom. The Kier molecular flexibility index (Phi) is 5.36. The van der Waals surface area contributed by atoms with E-state index >= 15 is 0 Å². The molecule has 1 aromatic carbocycles. The molecule has 0 aliphatic carbocycles. The van der Waals surface area contributed by atoms with Crippen molar-refractivity contribution in [2.75, 3.05) is 32.0 Å². The highest BCUT2D eigenvalue weighted by Gasteiger charge is 2.19. The van der Waals surface area contributed by atoms with Gasteiger partial charge in [0.05, 0.1) is 16.0 Å². The summed E-state index contributed by atoms with van der Waals surface area (Å²) in [6.07, 6.45) is 3.23. The molecule has 1 N–H and O–H groups in total. The summed E-state index contributed by atoms with van der Waals surface area (Å²) in [5.74, 6) is -0.145. The molecule has 21 heavy (non-hydrogen) atoms. The van der Waals surface area contributed by atoms with E-state index in [9.17, 15) is 14.5 Å².